The molecule has 2 rings (SSSR count). The van der Waals surface area contributed by atoms with E-state index in [4.69, 9.17) is 9.47 Å². The average molecular weight is 555 g/mol. The second kappa shape index (κ2) is 11.1. The zero-order chi connectivity index (χ0) is 28.5. The zero-order valence-electron chi connectivity index (χ0n) is 21.2. The molecule has 2 heterocycles. The maximum absolute atomic E-state index is 13.2. The fourth-order valence-corrected chi connectivity index (χ4v) is 4.57. The molecule has 0 radical (unpaired) electrons. The summed E-state index contributed by atoms with van der Waals surface area (Å²) in [4.78, 5) is 51.0. The fraction of sp³-hybridized carbons (Fsp3) is 0.682. The molecule has 1 saturated heterocycles. The number of hydrogen-bond acceptors (Lipinski definition) is 8. The van der Waals surface area contributed by atoms with Crippen molar-refractivity contribution in [2.24, 2.45) is 0 Å². The Hall–Kier alpha value is -2.41. The zero-order valence-corrected chi connectivity index (χ0v) is 22.1. The van der Waals surface area contributed by atoms with Crippen molar-refractivity contribution in [1.29, 1.82) is 0 Å². The van der Waals surface area contributed by atoms with E-state index in [9.17, 15) is 42.6 Å². The molecule has 0 aliphatic carbocycles. The molecule has 1 unspecified atom stereocenters. The predicted octanol–water partition coefficient (Wildman–Crippen LogP) is 0.488. The first kappa shape index (κ1) is 30.8. The van der Waals surface area contributed by atoms with Gasteiger partial charge in [0.05, 0.1) is 18.2 Å². The third kappa shape index (κ3) is 8.56. The van der Waals surface area contributed by atoms with Crippen LogP contribution in [0.1, 0.15) is 39.0 Å². The van der Waals surface area contributed by atoms with Crippen molar-refractivity contribution >= 4 is 25.1 Å². The minimum absolute atomic E-state index is 0.0665. The molecule has 0 spiro atoms. The van der Waals surface area contributed by atoms with E-state index in [2.05, 4.69) is 6.30 Å². The van der Waals surface area contributed by atoms with Crippen LogP contribution in [-0.2, 0) is 25.6 Å². The van der Waals surface area contributed by atoms with E-state index >= 15 is 0 Å². The number of aliphatic hydroxyl groups excluding tert-OH is 2. The van der Waals surface area contributed by atoms with Crippen LogP contribution in [0.2, 0.25) is 0 Å². The van der Waals surface area contributed by atoms with E-state index < -0.39 is 85.0 Å². The van der Waals surface area contributed by atoms with Crippen molar-refractivity contribution < 1.29 is 42.4 Å². The Balaban J connectivity index is 2.38. The van der Waals surface area contributed by atoms with Gasteiger partial charge in [0.2, 0.25) is 0 Å². The number of aromatic amines is 1. The molecule has 1 aromatic rings. The lowest BCUT2D eigenvalue weighted by Crippen LogP contribution is -2.46. The van der Waals surface area contributed by atoms with Gasteiger partial charge in [0.25, 0.3) is 5.56 Å². The van der Waals surface area contributed by atoms with Crippen LogP contribution in [0.3, 0.4) is 0 Å². The van der Waals surface area contributed by atoms with Gasteiger partial charge in [-0.15, -0.1) is 13.2 Å². The quantitative estimate of drug-likeness (QED) is 0.310. The van der Waals surface area contributed by atoms with Crippen molar-refractivity contribution in [3.63, 3.8) is 0 Å². The van der Waals surface area contributed by atoms with Crippen LogP contribution in [0.4, 0.5) is 13.2 Å². The number of amides is 1. The number of alkyl halides is 3. The maximum Gasteiger partial charge on any atom is 0.471 e. The summed E-state index contributed by atoms with van der Waals surface area (Å²) in [5.41, 5.74) is -3.72. The Morgan fingerprint density at radius 2 is 1.81 bits per heavy atom. The van der Waals surface area contributed by atoms with Gasteiger partial charge in [0, 0.05) is 6.20 Å². The molecule has 0 bridgehead atoms. The SMILES string of the molecule is C=P(C)(C)CC[C@H]1OC(n2cc(CN(CC(=O)OC(C)(C)C)C(=O)C(F)(F)F)c(=O)[nH]c2=O)[C@H](O)[C@@H]1O. The van der Waals surface area contributed by atoms with E-state index in [1.807, 2.05) is 18.3 Å². The lowest BCUT2D eigenvalue weighted by molar-refractivity contribution is -0.188. The van der Waals surface area contributed by atoms with Crippen molar-refractivity contribution in [1.82, 2.24) is 14.5 Å². The van der Waals surface area contributed by atoms with E-state index in [0.29, 0.717) is 12.6 Å². The van der Waals surface area contributed by atoms with Crippen molar-refractivity contribution in [2.75, 3.05) is 26.0 Å². The summed E-state index contributed by atoms with van der Waals surface area (Å²) in [6.07, 6.45) is -4.85. The number of esters is 1. The Labute approximate surface area is 211 Å². The predicted molar refractivity (Wildman–Crippen MR) is 130 cm³/mol. The van der Waals surface area contributed by atoms with Gasteiger partial charge < -0.3 is 24.6 Å². The summed E-state index contributed by atoms with van der Waals surface area (Å²) >= 11 is 0. The van der Waals surface area contributed by atoms with Gasteiger partial charge in [-0.2, -0.15) is 13.2 Å². The first-order chi connectivity index (χ1) is 16.7. The molecule has 0 aromatic carbocycles. The number of nitrogens with zero attached hydrogens (tertiary/aromatic N) is 2. The lowest BCUT2D eigenvalue weighted by Gasteiger charge is -2.26. The Bertz CT molecular complexity index is 1170. The highest BCUT2D eigenvalue weighted by molar-refractivity contribution is 7.72. The van der Waals surface area contributed by atoms with Gasteiger partial charge in [-0.25, -0.2) is 4.79 Å². The largest absolute Gasteiger partial charge is 0.471 e. The maximum atomic E-state index is 13.2. The molecule has 11 nitrogen and oxygen atoms in total. The molecular weight excluding hydrogens is 522 g/mol. The van der Waals surface area contributed by atoms with E-state index in [1.54, 1.807) is 0 Å². The summed E-state index contributed by atoms with van der Waals surface area (Å²) in [7, 11) is 0. The molecule has 1 amide bonds. The van der Waals surface area contributed by atoms with Crippen molar-refractivity contribution in [3.8, 4) is 0 Å². The summed E-state index contributed by atoms with van der Waals surface area (Å²) in [6.45, 7) is 4.74. The van der Waals surface area contributed by atoms with Crippen LogP contribution in [-0.4, -0.2) is 99.0 Å². The van der Waals surface area contributed by atoms with Crippen LogP contribution >= 0.6 is 6.89 Å². The summed E-state index contributed by atoms with van der Waals surface area (Å²) < 4.78 is 51.0. The normalized spacial score (nSPS) is 22.6. The van der Waals surface area contributed by atoms with Crippen molar-refractivity contribution in [3.05, 3.63) is 32.6 Å². The van der Waals surface area contributed by atoms with Crippen LogP contribution in [0.25, 0.3) is 0 Å². The highest BCUT2D eigenvalue weighted by Gasteiger charge is 2.45. The smallest absolute Gasteiger partial charge is 0.459 e. The monoisotopic (exact) mass is 555 g/mol. The van der Waals surface area contributed by atoms with E-state index in [-0.39, 0.29) is 4.90 Å². The number of H-pyrrole nitrogens is 1. The highest BCUT2D eigenvalue weighted by atomic mass is 31.2. The van der Waals surface area contributed by atoms with E-state index in [1.165, 1.54) is 20.8 Å². The fourth-order valence-electron chi connectivity index (χ4n) is 3.62. The molecule has 1 fully saturated rings. The summed E-state index contributed by atoms with van der Waals surface area (Å²) in [6, 6.07) is 0. The number of nitrogens with one attached hydrogen (secondary N) is 1. The summed E-state index contributed by atoms with van der Waals surface area (Å²) in [5.74, 6) is -3.55. The molecule has 1 aliphatic heterocycles. The second-order valence-corrected chi connectivity index (χ2v) is 14.9. The standard InChI is InChI=1S/C22H33F3N3O8P/c1-21(2,3)36-14(29)11-27(19(33)22(23,24)25)9-12-10-28(20(34)26-17(12)32)18-16(31)15(30)13(35-18)7-8-37(4,5)6/h10,13,15-16,18,30-31H,4,7-9,11H2,1-3,5-6H3,(H,26,32,34)/t13-,15-,16-,18?/m1/s1. The van der Waals surface area contributed by atoms with Gasteiger partial charge in [-0.05, 0) is 46.7 Å². The van der Waals surface area contributed by atoms with Gasteiger partial charge in [0.15, 0.2) is 6.23 Å². The number of carbonyl (C=O) groups is 2. The molecule has 3 N–H and O–H groups in total. The number of rotatable bonds is 8. The lowest BCUT2D eigenvalue weighted by atomic mass is 10.1. The Morgan fingerprint density at radius 1 is 1.22 bits per heavy atom. The first-order valence-electron chi connectivity index (χ1n) is 11.3. The van der Waals surface area contributed by atoms with E-state index in [0.717, 1.165) is 10.8 Å². The van der Waals surface area contributed by atoms with Crippen LogP contribution in [0.15, 0.2) is 15.8 Å². The van der Waals surface area contributed by atoms with Gasteiger partial charge in [-0.3, -0.25) is 23.9 Å². The van der Waals surface area contributed by atoms with Gasteiger partial charge in [0.1, 0.15) is 24.4 Å². The van der Waals surface area contributed by atoms with Crippen LogP contribution < -0.4 is 11.2 Å². The number of hydrogen-bond donors (Lipinski definition) is 3. The molecular formula is C22H33F3N3O8P. The molecule has 37 heavy (non-hydrogen) atoms. The Kier molecular flexibility index (Phi) is 9.28. The average Bonchev–Trinajstić information content (AvgIpc) is 2.98. The number of halogens is 3. The highest BCUT2D eigenvalue weighted by Crippen LogP contribution is 2.39. The molecule has 1 aliphatic rings. The molecule has 1 aromatic heterocycles. The van der Waals surface area contributed by atoms with Gasteiger partial charge >= 0.3 is 23.7 Å². The number of aromatic nitrogens is 2. The first-order valence-corrected chi connectivity index (χ1v) is 14.4. The number of aliphatic hydroxyl groups is 2. The second-order valence-electron chi connectivity index (χ2n) is 10.6. The van der Waals surface area contributed by atoms with Crippen molar-refractivity contribution in [2.45, 2.75) is 70.1 Å². The minimum atomic E-state index is -5.37. The summed E-state index contributed by atoms with van der Waals surface area (Å²) in [5, 5.41) is 20.9. The minimum Gasteiger partial charge on any atom is -0.459 e. The molecule has 4 atom stereocenters. The van der Waals surface area contributed by atoms with Crippen LogP contribution in [0.5, 0.6) is 0 Å². The number of carbonyl (C=O) groups excluding carboxylic acids is 2. The molecule has 210 valence electrons. The molecule has 0 saturated carbocycles. The molecule has 15 heteroatoms. The Morgan fingerprint density at radius 3 is 2.32 bits per heavy atom. The third-order valence-corrected chi connectivity index (χ3v) is 6.77. The number of ether oxygens (including phenoxy) is 2. The van der Waals surface area contributed by atoms with Gasteiger partial charge in [-0.1, -0.05) is 0 Å². The third-order valence-electron chi connectivity index (χ3n) is 5.30. The topological polar surface area (TPSA) is 151 Å². The van der Waals surface area contributed by atoms with Crippen LogP contribution in [0, 0.1) is 0 Å².